The van der Waals surface area contributed by atoms with Crippen molar-refractivity contribution in [3.05, 3.63) is 108 Å². The summed E-state index contributed by atoms with van der Waals surface area (Å²) in [6, 6.07) is 31.4. The van der Waals surface area contributed by atoms with Gasteiger partial charge in [-0.2, -0.15) is 0 Å². The van der Waals surface area contributed by atoms with Crippen LogP contribution in [0.5, 0.6) is 0 Å². The van der Waals surface area contributed by atoms with Gasteiger partial charge in [0.2, 0.25) is 0 Å². The van der Waals surface area contributed by atoms with Gasteiger partial charge < -0.3 is 0 Å². The van der Waals surface area contributed by atoms with Crippen LogP contribution in [-0.4, -0.2) is 6.21 Å². The number of nitrogens with zero attached hydrogens (tertiary/aromatic N) is 1. The van der Waals surface area contributed by atoms with Crippen molar-refractivity contribution in [2.45, 2.75) is 12.5 Å². The highest BCUT2D eigenvalue weighted by molar-refractivity contribution is 5.60. The first-order valence-electron chi connectivity index (χ1n) is 7.54. The van der Waals surface area contributed by atoms with Gasteiger partial charge in [0, 0.05) is 0 Å². The Labute approximate surface area is 132 Å². The minimum atomic E-state index is -0.501. The average Bonchev–Trinajstić information content (AvgIpc) is 2.62. The molecule has 0 atom stereocenters. The first-order chi connectivity index (χ1) is 10.9. The third-order valence-corrected chi connectivity index (χ3v) is 3.90. The van der Waals surface area contributed by atoms with Crippen LogP contribution in [0.25, 0.3) is 0 Å². The molecule has 3 aromatic carbocycles. The van der Waals surface area contributed by atoms with Crippen molar-refractivity contribution in [1.29, 1.82) is 0 Å². The molecule has 3 aromatic rings. The van der Waals surface area contributed by atoms with Crippen LogP contribution in [0.2, 0.25) is 0 Å². The van der Waals surface area contributed by atoms with E-state index in [1.807, 2.05) is 31.3 Å². The van der Waals surface area contributed by atoms with Crippen molar-refractivity contribution in [2.75, 3.05) is 0 Å². The Hall–Kier alpha value is -2.67. The van der Waals surface area contributed by atoms with Crippen LogP contribution in [0.15, 0.2) is 96.0 Å². The maximum atomic E-state index is 4.94. The molecule has 0 amide bonds. The molecule has 0 aliphatic heterocycles. The van der Waals surface area contributed by atoms with E-state index < -0.39 is 5.54 Å². The van der Waals surface area contributed by atoms with E-state index in [1.54, 1.807) is 0 Å². The molecule has 0 saturated carbocycles. The average molecular weight is 285 g/mol. The third-order valence-electron chi connectivity index (χ3n) is 3.90. The largest absolute Gasteiger partial charge is 0.277 e. The van der Waals surface area contributed by atoms with E-state index in [2.05, 4.69) is 72.8 Å². The zero-order valence-electron chi connectivity index (χ0n) is 12.7. The molecule has 22 heavy (non-hydrogen) atoms. The Morgan fingerprint density at radius 1 is 0.591 bits per heavy atom. The Kier molecular flexibility index (Phi) is 4.15. The van der Waals surface area contributed by atoms with E-state index in [-0.39, 0.29) is 0 Å². The lowest BCUT2D eigenvalue weighted by atomic mass is 9.77. The molecule has 0 aromatic heterocycles. The fraction of sp³-hybridized carbons (Fsp3) is 0.0952. The molecule has 0 saturated heterocycles. The predicted molar refractivity (Wildman–Crippen MR) is 93.4 cm³/mol. The van der Waals surface area contributed by atoms with Gasteiger partial charge in [0.05, 0.1) is 0 Å². The molecule has 0 radical (unpaired) electrons. The van der Waals surface area contributed by atoms with E-state index in [9.17, 15) is 0 Å². The molecule has 108 valence electrons. The van der Waals surface area contributed by atoms with Gasteiger partial charge in [-0.15, -0.1) is 0 Å². The summed E-state index contributed by atoms with van der Waals surface area (Å²) >= 11 is 0. The highest BCUT2D eigenvalue weighted by Crippen LogP contribution is 2.40. The zero-order valence-corrected chi connectivity index (χ0v) is 12.7. The third kappa shape index (κ3) is 2.46. The van der Waals surface area contributed by atoms with Gasteiger partial charge in [-0.1, -0.05) is 91.0 Å². The van der Waals surface area contributed by atoms with Crippen LogP contribution in [0.1, 0.15) is 23.6 Å². The van der Waals surface area contributed by atoms with Crippen LogP contribution in [0, 0.1) is 0 Å². The van der Waals surface area contributed by atoms with Gasteiger partial charge in [0.15, 0.2) is 0 Å². The standard InChI is InChI=1S/C21H19N/c1-2-22-21(18-12-6-3-7-13-18,19-14-8-4-9-15-19)20-16-10-5-11-17-20/h2-17H,1H3. The number of rotatable bonds is 4. The second-order valence-corrected chi connectivity index (χ2v) is 5.20. The fourth-order valence-electron chi connectivity index (χ4n) is 2.96. The van der Waals surface area contributed by atoms with Crippen LogP contribution in [-0.2, 0) is 5.54 Å². The second kappa shape index (κ2) is 6.40. The zero-order chi connectivity index (χ0) is 15.3. The van der Waals surface area contributed by atoms with E-state index in [1.165, 1.54) is 16.7 Å². The van der Waals surface area contributed by atoms with E-state index >= 15 is 0 Å². The van der Waals surface area contributed by atoms with Crippen molar-refractivity contribution in [3.8, 4) is 0 Å². The van der Waals surface area contributed by atoms with Crippen molar-refractivity contribution in [1.82, 2.24) is 0 Å². The maximum absolute atomic E-state index is 4.94. The summed E-state index contributed by atoms with van der Waals surface area (Å²) in [6.45, 7) is 1.98. The topological polar surface area (TPSA) is 12.4 Å². The summed E-state index contributed by atoms with van der Waals surface area (Å²) in [4.78, 5) is 4.94. The fourth-order valence-corrected chi connectivity index (χ4v) is 2.96. The van der Waals surface area contributed by atoms with Gasteiger partial charge >= 0.3 is 0 Å². The summed E-state index contributed by atoms with van der Waals surface area (Å²) in [5, 5.41) is 0. The van der Waals surface area contributed by atoms with Crippen LogP contribution in [0.3, 0.4) is 0 Å². The van der Waals surface area contributed by atoms with Crippen LogP contribution >= 0.6 is 0 Å². The molecule has 0 N–H and O–H groups in total. The molecule has 1 nitrogen and oxygen atoms in total. The number of hydrogen-bond donors (Lipinski definition) is 0. The normalized spacial score (nSPS) is 11.7. The van der Waals surface area contributed by atoms with Gasteiger partial charge in [-0.3, -0.25) is 4.99 Å². The second-order valence-electron chi connectivity index (χ2n) is 5.20. The summed E-state index contributed by atoms with van der Waals surface area (Å²) in [5.74, 6) is 0. The Morgan fingerprint density at radius 2 is 0.909 bits per heavy atom. The Balaban J connectivity index is 2.34. The summed E-state index contributed by atoms with van der Waals surface area (Å²) in [6.07, 6.45) is 1.90. The lowest BCUT2D eigenvalue weighted by Gasteiger charge is -2.32. The number of benzene rings is 3. The highest BCUT2D eigenvalue weighted by atomic mass is 14.9. The van der Waals surface area contributed by atoms with E-state index in [0.717, 1.165) is 0 Å². The molecule has 3 rings (SSSR count). The molecule has 0 fully saturated rings. The van der Waals surface area contributed by atoms with E-state index in [4.69, 9.17) is 4.99 Å². The smallest absolute Gasteiger partial charge is 0.135 e. The minimum Gasteiger partial charge on any atom is -0.277 e. The Morgan fingerprint density at radius 3 is 1.18 bits per heavy atom. The van der Waals surface area contributed by atoms with Crippen molar-refractivity contribution in [2.24, 2.45) is 4.99 Å². The lowest BCUT2D eigenvalue weighted by Crippen LogP contribution is -2.27. The van der Waals surface area contributed by atoms with Gasteiger partial charge in [-0.25, -0.2) is 0 Å². The summed E-state index contributed by atoms with van der Waals surface area (Å²) in [5.41, 5.74) is 3.01. The van der Waals surface area contributed by atoms with Crippen molar-refractivity contribution in [3.63, 3.8) is 0 Å². The molecule has 0 aliphatic rings. The molecule has 0 heterocycles. The van der Waals surface area contributed by atoms with Crippen LogP contribution in [0.4, 0.5) is 0 Å². The lowest BCUT2D eigenvalue weighted by molar-refractivity contribution is 0.659. The van der Waals surface area contributed by atoms with E-state index in [0.29, 0.717) is 0 Å². The first kappa shape index (κ1) is 14.3. The molecule has 0 aliphatic carbocycles. The van der Waals surface area contributed by atoms with Gasteiger partial charge in [0.1, 0.15) is 5.54 Å². The molecular weight excluding hydrogens is 266 g/mol. The maximum Gasteiger partial charge on any atom is 0.135 e. The predicted octanol–water partition coefficient (Wildman–Crippen LogP) is 5.07. The van der Waals surface area contributed by atoms with Gasteiger partial charge in [0.25, 0.3) is 0 Å². The first-order valence-corrected chi connectivity index (χ1v) is 7.54. The Bertz CT molecular complexity index is 634. The van der Waals surface area contributed by atoms with Gasteiger partial charge in [-0.05, 0) is 29.8 Å². The highest BCUT2D eigenvalue weighted by Gasteiger charge is 2.34. The molecule has 0 bridgehead atoms. The number of hydrogen-bond acceptors (Lipinski definition) is 1. The molecular formula is C21H19N. The summed E-state index contributed by atoms with van der Waals surface area (Å²) in [7, 11) is 0. The number of aliphatic imine (C=N–C) groups is 1. The SMILES string of the molecule is CC=NC(c1ccccc1)(c1ccccc1)c1ccccc1. The molecule has 1 heteroatoms. The summed E-state index contributed by atoms with van der Waals surface area (Å²) < 4.78 is 0. The minimum absolute atomic E-state index is 0.501. The monoisotopic (exact) mass is 285 g/mol. The molecule has 0 unspecified atom stereocenters. The molecule has 0 spiro atoms. The van der Waals surface area contributed by atoms with Crippen molar-refractivity contribution >= 4 is 6.21 Å². The van der Waals surface area contributed by atoms with Crippen molar-refractivity contribution < 1.29 is 0 Å². The quantitative estimate of drug-likeness (QED) is 0.469. The van der Waals surface area contributed by atoms with Crippen LogP contribution < -0.4 is 0 Å².